The van der Waals surface area contributed by atoms with Crippen molar-refractivity contribution in [2.24, 2.45) is 10.9 Å². The monoisotopic (exact) mass is 417 g/mol. The van der Waals surface area contributed by atoms with Crippen molar-refractivity contribution >= 4 is 39.8 Å². The molecule has 0 saturated carbocycles. The van der Waals surface area contributed by atoms with Gasteiger partial charge in [-0.15, -0.1) is 24.0 Å². The summed E-state index contributed by atoms with van der Waals surface area (Å²) in [6.45, 7) is 8.94. The van der Waals surface area contributed by atoms with E-state index < -0.39 is 9.84 Å². The molecule has 120 valence electrons. The van der Waals surface area contributed by atoms with Gasteiger partial charge < -0.3 is 10.6 Å². The van der Waals surface area contributed by atoms with E-state index in [1.54, 1.807) is 0 Å². The van der Waals surface area contributed by atoms with Gasteiger partial charge in [0.15, 0.2) is 15.8 Å². The molecule has 0 spiro atoms. The van der Waals surface area contributed by atoms with Crippen LogP contribution in [0.3, 0.4) is 0 Å². The maximum absolute atomic E-state index is 11.4. The van der Waals surface area contributed by atoms with Crippen molar-refractivity contribution in [3.8, 4) is 0 Å². The largest absolute Gasteiger partial charge is 0.354 e. The lowest BCUT2D eigenvalue weighted by atomic mass is 10.1. The summed E-state index contributed by atoms with van der Waals surface area (Å²) in [6, 6.07) is 0.667. The van der Waals surface area contributed by atoms with Gasteiger partial charge in [-0.25, -0.2) is 8.42 Å². The zero-order valence-electron chi connectivity index (χ0n) is 12.8. The van der Waals surface area contributed by atoms with Crippen LogP contribution >= 0.6 is 24.0 Å². The van der Waals surface area contributed by atoms with Crippen LogP contribution in [0.4, 0.5) is 0 Å². The Morgan fingerprint density at radius 2 is 1.95 bits per heavy atom. The molecule has 5 nitrogen and oxygen atoms in total. The Hall–Kier alpha value is -0.0500. The van der Waals surface area contributed by atoms with Crippen LogP contribution in [0, 0.1) is 5.92 Å². The van der Waals surface area contributed by atoms with E-state index in [-0.39, 0.29) is 35.6 Å². The van der Waals surface area contributed by atoms with E-state index in [1.807, 2.05) is 0 Å². The van der Waals surface area contributed by atoms with E-state index in [9.17, 15) is 8.42 Å². The minimum atomic E-state index is -2.80. The van der Waals surface area contributed by atoms with E-state index in [1.165, 1.54) is 0 Å². The highest BCUT2D eigenvalue weighted by atomic mass is 127. The third-order valence-electron chi connectivity index (χ3n) is 3.26. The molecule has 0 bridgehead atoms. The maximum Gasteiger partial charge on any atom is 0.191 e. The highest BCUT2D eigenvalue weighted by molar-refractivity contribution is 14.0. The Morgan fingerprint density at radius 3 is 2.40 bits per heavy atom. The highest BCUT2D eigenvalue weighted by Crippen LogP contribution is 2.18. The van der Waals surface area contributed by atoms with Crippen molar-refractivity contribution < 1.29 is 8.42 Å². The van der Waals surface area contributed by atoms with Crippen molar-refractivity contribution in [2.45, 2.75) is 52.6 Å². The molecule has 1 fully saturated rings. The molecule has 0 aliphatic carbocycles. The van der Waals surface area contributed by atoms with Crippen LogP contribution in [-0.2, 0) is 9.84 Å². The van der Waals surface area contributed by atoms with Crippen LogP contribution < -0.4 is 10.6 Å². The Kier molecular flexibility index (Phi) is 9.04. The van der Waals surface area contributed by atoms with Crippen LogP contribution in [0.1, 0.15) is 40.5 Å². The summed E-state index contributed by atoms with van der Waals surface area (Å²) >= 11 is 0. The number of sulfone groups is 1. The number of rotatable bonds is 5. The fourth-order valence-corrected chi connectivity index (χ4v) is 3.83. The second kappa shape index (κ2) is 9.07. The molecule has 2 unspecified atom stereocenters. The predicted octanol–water partition coefficient (Wildman–Crippen LogP) is 1.78. The summed E-state index contributed by atoms with van der Waals surface area (Å²) < 4.78 is 22.8. The Bertz CT molecular complexity index is 410. The number of nitrogens with zero attached hydrogens (tertiary/aromatic N) is 1. The van der Waals surface area contributed by atoms with Gasteiger partial charge in [0.1, 0.15) is 0 Å². The third-order valence-corrected chi connectivity index (χ3v) is 5.09. The van der Waals surface area contributed by atoms with Gasteiger partial charge in [-0.2, -0.15) is 0 Å². The molecule has 0 amide bonds. The lowest BCUT2D eigenvalue weighted by Gasteiger charge is -2.19. The Balaban J connectivity index is 0.00000361. The molecule has 2 atom stereocenters. The SMILES string of the molecule is CCC(C)NC(=NCC1CCS(=O)(=O)C1)NC(C)C.I. The topological polar surface area (TPSA) is 70.6 Å². The predicted molar refractivity (Wildman–Crippen MR) is 95.6 cm³/mol. The molecule has 7 heteroatoms. The molecule has 0 aromatic carbocycles. The summed E-state index contributed by atoms with van der Waals surface area (Å²) in [5, 5.41) is 6.61. The van der Waals surface area contributed by atoms with Crippen LogP contribution in [0.15, 0.2) is 4.99 Å². The average Bonchev–Trinajstić information content (AvgIpc) is 2.65. The molecule has 0 aromatic heterocycles. The molecule has 2 N–H and O–H groups in total. The van der Waals surface area contributed by atoms with E-state index >= 15 is 0 Å². The standard InChI is InChI=1S/C13H27N3O2S.HI/c1-5-11(4)16-13(15-10(2)3)14-8-12-6-7-19(17,18)9-12;/h10-12H,5-9H2,1-4H3,(H2,14,15,16);1H. The fraction of sp³-hybridized carbons (Fsp3) is 0.923. The summed E-state index contributed by atoms with van der Waals surface area (Å²) in [5.74, 6) is 1.56. The first-order valence-corrected chi connectivity index (χ1v) is 8.92. The molecule has 1 saturated heterocycles. The first kappa shape index (κ1) is 19.9. The van der Waals surface area contributed by atoms with Gasteiger partial charge >= 0.3 is 0 Å². The molecule has 1 aliphatic rings. The number of hydrogen-bond acceptors (Lipinski definition) is 3. The minimum Gasteiger partial charge on any atom is -0.354 e. The van der Waals surface area contributed by atoms with Gasteiger partial charge in [0.25, 0.3) is 0 Å². The summed E-state index contributed by atoms with van der Waals surface area (Å²) in [5.41, 5.74) is 0. The van der Waals surface area contributed by atoms with Gasteiger partial charge in [0, 0.05) is 18.6 Å². The first-order valence-electron chi connectivity index (χ1n) is 7.10. The molecule has 1 rings (SSSR count). The molecular formula is C13H28IN3O2S. The second-order valence-corrected chi connectivity index (χ2v) is 7.94. The van der Waals surface area contributed by atoms with Gasteiger partial charge in [0.2, 0.25) is 0 Å². The number of halogens is 1. The molecule has 1 heterocycles. The maximum atomic E-state index is 11.4. The first-order chi connectivity index (χ1) is 8.82. The fourth-order valence-electron chi connectivity index (χ4n) is 1.98. The molecule has 1 aliphatic heterocycles. The zero-order chi connectivity index (χ0) is 14.5. The summed E-state index contributed by atoms with van der Waals surface area (Å²) in [6.07, 6.45) is 1.76. The zero-order valence-corrected chi connectivity index (χ0v) is 16.0. The van der Waals surface area contributed by atoms with Crippen LogP contribution in [0.25, 0.3) is 0 Å². The minimum absolute atomic E-state index is 0. The highest BCUT2D eigenvalue weighted by Gasteiger charge is 2.27. The number of aliphatic imine (C=N–C) groups is 1. The molecule has 0 radical (unpaired) electrons. The van der Waals surface area contributed by atoms with Crippen molar-refractivity contribution in [2.75, 3.05) is 18.1 Å². The third kappa shape index (κ3) is 7.66. The molecule has 20 heavy (non-hydrogen) atoms. The number of guanidine groups is 1. The van der Waals surface area contributed by atoms with Crippen molar-refractivity contribution in [3.63, 3.8) is 0 Å². The summed E-state index contributed by atoms with van der Waals surface area (Å²) in [7, 11) is -2.80. The second-order valence-electron chi connectivity index (χ2n) is 5.71. The van der Waals surface area contributed by atoms with Crippen molar-refractivity contribution in [1.82, 2.24) is 10.6 Å². The quantitative estimate of drug-likeness (QED) is 0.407. The van der Waals surface area contributed by atoms with Gasteiger partial charge in [-0.3, -0.25) is 4.99 Å². The van der Waals surface area contributed by atoms with Crippen molar-refractivity contribution in [1.29, 1.82) is 0 Å². The van der Waals surface area contributed by atoms with Gasteiger partial charge in [0.05, 0.1) is 11.5 Å². The number of hydrogen-bond donors (Lipinski definition) is 2. The van der Waals surface area contributed by atoms with E-state index in [0.29, 0.717) is 24.4 Å². The average molecular weight is 417 g/mol. The normalized spacial score (nSPS) is 23.2. The van der Waals surface area contributed by atoms with Crippen LogP contribution in [0.5, 0.6) is 0 Å². The summed E-state index contributed by atoms with van der Waals surface area (Å²) in [4.78, 5) is 4.53. The van der Waals surface area contributed by atoms with Gasteiger partial charge in [-0.1, -0.05) is 6.92 Å². The van der Waals surface area contributed by atoms with E-state index in [4.69, 9.17) is 0 Å². The van der Waals surface area contributed by atoms with Crippen LogP contribution in [-0.4, -0.2) is 44.5 Å². The lowest BCUT2D eigenvalue weighted by Crippen LogP contribution is -2.45. The molecular weight excluding hydrogens is 389 g/mol. The van der Waals surface area contributed by atoms with Gasteiger partial charge in [-0.05, 0) is 39.5 Å². The smallest absolute Gasteiger partial charge is 0.191 e. The molecule has 0 aromatic rings. The van der Waals surface area contributed by atoms with Crippen molar-refractivity contribution in [3.05, 3.63) is 0 Å². The lowest BCUT2D eigenvalue weighted by molar-refractivity contribution is 0.577. The Labute approximate surface area is 140 Å². The Morgan fingerprint density at radius 1 is 1.30 bits per heavy atom. The van der Waals surface area contributed by atoms with Crippen LogP contribution in [0.2, 0.25) is 0 Å². The van der Waals surface area contributed by atoms with E-state index in [0.717, 1.165) is 18.8 Å². The van der Waals surface area contributed by atoms with E-state index in [2.05, 4.69) is 43.3 Å². The number of nitrogens with one attached hydrogen (secondary N) is 2.